The quantitative estimate of drug-likeness (QED) is 0.415. The average Bonchev–Trinajstić information content (AvgIpc) is 0.722. The first-order valence-corrected chi connectivity index (χ1v) is 3.79. The van der Waals surface area contributed by atoms with Crippen molar-refractivity contribution >= 4 is 41.8 Å². The Kier molecular flexibility index (Phi) is 5.44. The third-order valence-corrected chi connectivity index (χ3v) is 0. The van der Waals surface area contributed by atoms with Gasteiger partial charge >= 0.3 is 57.8 Å². The van der Waals surface area contributed by atoms with Crippen molar-refractivity contribution in [2.45, 2.75) is 0 Å². The van der Waals surface area contributed by atoms with Gasteiger partial charge in [0, 0.05) is 0 Å². The number of hydrogen-bond donors (Lipinski definition) is 0. The van der Waals surface area contributed by atoms with E-state index in [4.69, 9.17) is 16.0 Å². The first kappa shape index (κ1) is 10.2. The van der Waals surface area contributed by atoms with Crippen LogP contribution < -0.4 is 12.3 Å². The molecule has 0 saturated heterocycles. The molecule has 0 aromatic heterocycles. The molecule has 0 aromatic rings. The zero-order chi connectivity index (χ0) is 4.50. The summed E-state index contributed by atoms with van der Waals surface area (Å²) in [6.45, 7) is 0. The summed E-state index contributed by atoms with van der Waals surface area (Å²) in [5, 5.41) is 0. The molecule has 0 aliphatic carbocycles. The van der Waals surface area contributed by atoms with Crippen LogP contribution in [0.3, 0.4) is 0 Å². The Morgan fingerprint density at radius 1 is 1.33 bits per heavy atom. The second-order valence-electron chi connectivity index (χ2n) is 0.447. The molecule has 0 rings (SSSR count). The predicted octanol–water partition coefficient (Wildman–Crippen LogP) is -4.33. The van der Waals surface area contributed by atoms with Gasteiger partial charge < -0.3 is 1.43 Å². The molecule has 0 bridgehead atoms. The smallest absolute Gasteiger partial charge is 1.00 e. The van der Waals surface area contributed by atoms with E-state index < -0.39 is 14.5 Å². The summed E-state index contributed by atoms with van der Waals surface area (Å²) >= 11 is -5.88. The van der Waals surface area contributed by atoms with Gasteiger partial charge in [0.2, 0.25) is 0 Å². The van der Waals surface area contributed by atoms with E-state index in [1.807, 2.05) is 0 Å². The molecule has 0 aliphatic rings. The molecule has 4 nitrogen and oxygen atoms in total. The Bertz CT molecular complexity index is 57.8. The Morgan fingerprint density at radius 2 is 1.33 bits per heavy atom. The first-order valence-electron chi connectivity index (χ1n) is 0.730. The Labute approximate surface area is 59.2 Å². The van der Waals surface area contributed by atoms with Gasteiger partial charge in [0.25, 0.3) is 0 Å². The van der Waals surface area contributed by atoms with Crippen molar-refractivity contribution in [2.75, 3.05) is 0 Å². The van der Waals surface area contributed by atoms with Crippen LogP contribution in [-0.2, 0) is 3.74 Å². The van der Waals surface area contributed by atoms with Gasteiger partial charge in [-0.3, -0.25) is 0 Å². The fourth-order valence-corrected chi connectivity index (χ4v) is 0. The van der Waals surface area contributed by atoms with Crippen LogP contribution >= 0.6 is 0 Å². The van der Waals surface area contributed by atoms with Gasteiger partial charge in [-0.15, -0.1) is 0 Å². The summed E-state index contributed by atoms with van der Waals surface area (Å²) in [5.41, 5.74) is 0. The number of hydrogen-bond acceptors (Lipinski definition) is 4. The maximum absolute atomic E-state index is 8.61. The van der Waals surface area contributed by atoms with Crippen LogP contribution in [0.2, 0.25) is 0 Å². The van der Waals surface area contributed by atoms with E-state index in [2.05, 4.69) is 0 Å². The fourth-order valence-electron chi connectivity index (χ4n) is 0. The molecule has 0 radical (unpaired) electrons. The maximum Gasteiger partial charge on any atom is 4.00 e. The minimum Gasteiger partial charge on any atom is -1.00 e. The van der Waals surface area contributed by atoms with Crippen molar-refractivity contribution < 1.29 is 17.5 Å². The zero-order valence-corrected chi connectivity index (χ0v) is 8.34. The van der Waals surface area contributed by atoms with Crippen LogP contribution in [0.5, 0.6) is 0 Å². The van der Waals surface area contributed by atoms with E-state index in [1.54, 1.807) is 0 Å². The molecule has 0 aliphatic heterocycles. The van der Waals surface area contributed by atoms with Crippen LogP contribution in [0.25, 0.3) is 0 Å². The predicted molar refractivity (Wildman–Crippen MR) is 13.3 cm³/mol. The standard InChI is InChI=1S/AsH3O4.Pb.H/c2-1(3,4)5;;/h(H3,2,3,4,5);;/q;+4;-1/p-3. The summed E-state index contributed by atoms with van der Waals surface area (Å²) in [6.07, 6.45) is 0. The van der Waals surface area contributed by atoms with Crippen molar-refractivity contribution in [1.82, 2.24) is 0 Å². The van der Waals surface area contributed by atoms with Gasteiger partial charge in [0.1, 0.15) is 0 Å². The molecule has 6 heteroatoms. The first-order chi connectivity index (χ1) is 2.00. The van der Waals surface area contributed by atoms with E-state index in [0.717, 1.165) is 0 Å². The molecule has 0 aromatic carbocycles. The van der Waals surface area contributed by atoms with Gasteiger partial charge in [-0.2, -0.15) is 0 Å². The molecule has 0 heterocycles. The summed E-state index contributed by atoms with van der Waals surface area (Å²) in [6, 6.07) is 0. The molecule has 0 atom stereocenters. The third kappa shape index (κ3) is 66.3. The van der Waals surface area contributed by atoms with Crippen LogP contribution in [-0.4, -0.2) is 41.8 Å². The number of rotatable bonds is 0. The Balaban J connectivity index is -0.0000000800. The maximum atomic E-state index is 8.61. The molecule has 0 N–H and O–H groups in total. The summed E-state index contributed by atoms with van der Waals surface area (Å²) in [4.78, 5) is 0. The molecule has 0 unspecified atom stereocenters. The van der Waals surface area contributed by atoms with E-state index in [-0.39, 0.29) is 28.7 Å². The van der Waals surface area contributed by atoms with Crippen LogP contribution in [0.15, 0.2) is 0 Å². The van der Waals surface area contributed by atoms with Gasteiger partial charge in [0.15, 0.2) is 0 Å². The fraction of sp³-hybridized carbons (Fsp3) is 0. The summed E-state index contributed by atoms with van der Waals surface area (Å²) in [7, 11) is 0. The van der Waals surface area contributed by atoms with Crippen molar-refractivity contribution in [1.29, 1.82) is 0 Å². The topological polar surface area (TPSA) is 86.2 Å². The monoisotopic (exact) mass is 348 g/mol. The summed E-state index contributed by atoms with van der Waals surface area (Å²) < 4.78 is 34.4. The van der Waals surface area contributed by atoms with Crippen molar-refractivity contribution in [3.63, 3.8) is 0 Å². The van der Waals surface area contributed by atoms with Gasteiger partial charge in [0.05, 0.1) is 0 Å². The second-order valence-corrected chi connectivity index (χ2v) is 2.32. The SMILES string of the molecule is O=[As]([O-])([O-])[O-].[H-].[Pb+4]. The third-order valence-electron chi connectivity index (χ3n) is 0. The molecule has 6 heavy (non-hydrogen) atoms. The van der Waals surface area contributed by atoms with Crippen LogP contribution in [0.1, 0.15) is 1.43 Å². The second kappa shape index (κ2) is 3.20. The largest absolute Gasteiger partial charge is 4.00 e. The van der Waals surface area contributed by atoms with Crippen LogP contribution in [0.4, 0.5) is 0 Å². The van der Waals surface area contributed by atoms with Crippen molar-refractivity contribution in [2.24, 2.45) is 0 Å². The molecular weight excluding hydrogens is 346 g/mol. The normalized spacial score (nSPS) is 9.83. The average molecular weight is 347 g/mol. The van der Waals surface area contributed by atoms with Gasteiger partial charge in [-0.05, 0) is 0 Å². The minimum atomic E-state index is -5.88. The van der Waals surface area contributed by atoms with E-state index >= 15 is 0 Å². The van der Waals surface area contributed by atoms with E-state index in [1.165, 1.54) is 0 Å². The van der Waals surface area contributed by atoms with Gasteiger partial charge in [-0.1, -0.05) is 0 Å². The molecule has 34 valence electrons. The Morgan fingerprint density at radius 3 is 1.33 bits per heavy atom. The molecule has 0 fully saturated rings. The molecule has 0 saturated carbocycles. The molecule has 0 spiro atoms. The van der Waals surface area contributed by atoms with Gasteiger partial charge in [-0.25, -0.2) is 0 Å². The Hall–Kier alpha value is 1.16. The molecular formula is HAsO4Pb. The van der Waals surface area contributed by atoms with E-state index in [0.29, 0.717) is 0 Å². The van der Waals surface area contributed by atoms with E-state index in [9.17, 15) is 0 Å². The van der Waals surface area contributed by atoms with Crippen molar-refractivity contribution in [3.8, 4) is 0 Å². The summed E-state index contributed by atoms with van der Waals surface area (Å²) in [5.74, 6) is 0. The minimum absolute atomic E-state index is 0. The zero-order valence-electron chi connectivity index (χ0n) is 3.58. The molecule has 0 amide bonds. The van der Waals surface area contributed by atoms with Crippen molar-refractivity contribution in [3.05, 3.63) is 0 Å². The van der Waals surface area contributed by atoms with Crippen LogP contribution in [0, 0.1) is 0 Å².